The predicted octanol–water partition coefficient (Wildman–Crippen LogP) is 14.5. The maximum Gasteiger partial charge on any atom is 0.472 e. The Hall–Kier alpha value is -1.02. The minimum absolute atomic E-state index is 0.0573. The number of hydrogen-bond acceptors (Lipinski definition) is 5. The second-order valence-electron chi connectivity index (χ2n) is 18.5. The van der Waals surface area contributed by atoms with Gasteiger partial charge < -0.3 is 19.8 Å². The second kappa shape index (κ2) is 42.3. The van der Waals surface area contributed by atoms with E-state index >= 15 is 0 Å². The number of nitrogens with zero attached hydrogens (tertiary/aromatic N) is 1. The Labute approximate surface area is 366 Å². The molecule has 0 rings (SSSR count). The molecule has 0 aromatic rings. The average Bonchev–Trinajstić information content (AvgIpc) is 3.19. The van der Waals surface area contributed by atoms with E-state index in [-0.39, 0.29) is 19.1 Å². The normalized spacial score (nSPS) is 14.4. The average molecular weight is 856 g/mol. The Morgan fingerprint density at radius 3 is 1.36 bits per heavy atom. The quantitative estimate of drug-likeness (QED) is 0.0244. The summed E-state index contributed by atoms with van der Waals surface area (Å²) in [6.45, 7) is 4.71. The summed E-state index contributed by atoms with van der Waals surface area (Å²) < 4.78 is 23.4. The lowest BCUT2D eigenvalue weighted by Crippen LogP contribution is -2.45. The van der Waals surface area contributed by atoms with Gasteiger partial charge in [-0.25, -0.2) is 4.57 Å². The first kappa shape index (κ1) is 58.0. The predicted molar refractivity (Wildman–Crippen MR) is 254 cm³/mol. The van der Waals surface area contributed by atoms with E-state index in [0.717, 1.165) is 51.4 Å². The molecule has 0 aliphatic heterocycles. The molecule has 1 amide bonds. The maximum absolute atomic E-state index is 12.6. The molecule has 350 valence electrons. The van der Waals surface area contributed by atoms with Crippen molar-refractivity contribution in [2.45, 2.75) is 251 Å². The van der Waals surface area contributed by atoms with Gasteiger partial charge in [-0.3, -0.25) is 13.8 Å². The van der Waals surface area contributed by atoms with E-state index in [0.29, 0.717) is 17.4 Å². The number of allylic oxidation sites excluding steroid dienone is 3. The number of phosphoric acid groups is 1. The SMILES string of the molecule is CCCCCCCCCCCCCCCCCCCCCCCCCCCC/C=C/CC/C=C/C(O)C(COP(=O)(O)OCC[N+](C)(C)C)NC(=O)CCCCCCC. The summed E-state index contributed by atoms with van der Waals surface area (Å²) in [5.74, 6) is -0.199. The molecule has 8 nitrogen and oxygen atoms in total. The lowest BCUT2D eigenvalue weighted by molar-refractivity contribution is -0.870. The van der Waals surface area contributed by atoms with Crippen molar-refractivity contribution in [3.05, 3.63) is 24.3 Å². The summed E-state index contributed by atoms with van der Waals surface area (Å²) in [5, 5.41) is 13.7. The van der Waals surface area contributed by atoms with E-state index in [1.807, 2.05) is 27.2 Å². The van der Waals surface area contributed by atoms with Crippen LogP contribution in [0, 0.1) is 0 Å². The number of carbonyl (C=O) groups excluding carboxylic acids is 1. The zero-order valence-electron chi connectivity index (χ0n) is 39.8. The summed E-state index contributed by atoms with van der Waals surface area (Å²) >= 11 is 0. The third kappa shape index (κ3) is 44.8. The first-order valence-corrected chi connectivity index (χ1v) is 26.7. The van der Waals surface area contributed by atoms with Crippen LogP contribution in [0.2, 0.25) is 0 Å². The highest BCUT2D eigenvalue weighted by Crippen LogP contribution is 2.43. The molecular formula is C50H100N2O6P+. The highest BCUT2D eigenvalue weighted by Gasteiger charge is 2.27. The molecule has 0 aromatic carbocycles. The van der Waals surface area contributed by atoms with Gasteiger partial charge in [0.2, 0.25) is 5.91 Å². The van der Waals surface area contributed by atoms with Crippen molar-refractivity contribution in [2.24, 2.45) is 0 Å². The summed E-state index contributed by atoms with van der Waals surface area (Å²) in [4.78, 5) is 22.8. The monoisotopic (exact) mass is 856 g/mol. The van der Waals surface area contributed by atoms with Crippen molar-refractivity contribution >= 4 is 13.7 Å². The number of nitrogens with one attached hydrogen (secondary N) is 1. The van der Waals surface area contributed by atoms with E-state index < -0.39 is 20.0 Å². The Morgan fingerprint density at radius 1 is 0.559 bits per heavy atom. The molecule has 0 saturated heterocycles. The van der Waals surface area contributed by atoms with Gasteiger partial charge >= 0.3 is 7.82 Å². The Bertz CT molecular complexity index is 1020. The lowest BCUT2D eigenvalue weighted by Gasteiger charge is -2.25. The van der Waals surface area contributed by atoms with Crippen LogP contribution in [0.4, 0.5) is 0 Å². The van der Waals surface area contributed by atoms with Gasteiger partial charge in [0.05, 0.1) is 39.9 Å². The fraction of sp³-hybridized carbons (Fsp3) is 0.900. The van der Waals surface area contributed by atoms with Crippen LogP contribution in [0.1, 0.15) is 239 Å². The molecule has 0 saturated carbocycles. The van der Waals surface area contributed by atoms with Gasteiger partial charge in [0.15, 0.2) is 0 Å². The Balaban J connectivity index is 3.91. The van der Waals surface area contributed by atoms with Crippen LogP contribution in [0.5, 0.6) is 0 Å². The largest absolute Gasteiger partial charge is 0.472 e. The van der Waals surface area contributed by atoms with Gasteiger partial charge in [0.1, 0.15) is 13.2 Å². The summed E-state index contributed by atoms with van der Waals surface area (Å²) in [6, 6.07) is -0.856. The number of likely N-dealkylation sites (N-methyl/N-ethyl adjacent to an activating group) is 1. The molecule has 0 fully saturated rings. The van der Waals surface area contributed by atoms with Gasteiger partial charge in [-0.05, 0) is 32.1 Å². The topological polar surface area (TPSA) is 105 Å². The van der Waals surface area contributed by atoms with Crippen molar-refractivity contribution in [1.82, 2.24) is 5.32 Å². The number of phosphoric ester groups is 1. The first-order valence-electron chi connectivity index (χ1n) is 25.2. The highest BCUT2D eigenvalue weighted by atomic mass is 31.2. The van der Waals surface area contributed by atoms with Gasteiger partial charge in [-0.2, -0.15) is 0 Å². The number of quaternary nitrogens is 1. The van der Waals surface area contributed by atoms with E-state index in [4.69, 9.17) is 9.05 Å². The van der Waals surface area contributed by atoms with Crippen molar-refractivity contribution < 1.29 is 32.9 Å². The molecule has 0 bridgehead atoms. The maximum atomic E-state index is 12.6. The van der Waals surface area contributed by atoms with Crippen LogP contribution in [-0.2, 0) is 18.4 Å². The number of hydrogen-bond donors (Lipinski definition) is 3. The van der Waals surface area contributed by atoms with Crippen molar-refractivity contribution in [3.8, 4) is 0 Å². The Kier molecular flexibility index (Phi) is 41.6. The van der Waals surface area contributed by atoms with Gasteiger partial charge in [0.25, 0.3) is 0 Å². The molecule has 0 aliphatic rings. The fourth-order valence-electron chi connectivity index (χ4n) is 7.41. The highest BCUT2D eigenvalue weighted by molar-refractivity contribution is 7.47. The van der Waals surface area contributed by atoms with E-state index in [9.17, 15) is 19.4 Å². The second-order valence-corrected chi connectivity index (χ2v) is 20.0. The zero-order chi connectivity index (χ0) is 43.6. The molecule has 0 radical (unpaired) electrons. The minimum atomic E-state index is -4.33. The number of amides is 1. The third-order valence-corrected chi connectivity index (χ3v) is 12.4. The molecule has 0 heterocycles. The molecule has 3 atom stereocenters. The van der Waals surface area contributed by atoms with Crippen LogP contribution in [0.3, 0.4) is 0 Å². The smallest absolute Gasteiger partial charge is 0.387 e. The van der Waals surface area contributed by atoms with E-state index in [1.165, 1.54) is 167 Å². The number of aliphatic hydroxyl groups is 1. The fourth-order valence-corrected chi connectivity index (χ4v) is 8.15. The molecule has 0 aliphatic carbocycles. The van der Waals surface area contributed by atoms with Crippen LogP contribution >= 0.6 is 7.82 Å². The molecular weight excluding hydrogens is 756 g/mol. The van der Waals surface area contributed by atoms with Crippen LogP contribution in [0.25, 0.3) is 0 Å². The first-order chi connectivity index (χ1) is 28.5. The van der Waals surface area contributed by atoms with Crippen LogP contribution < -0.4 is 5.32 Å². The van der Waals surface area contributed by atoms with Crippen molar-refractivity contribution in [2.75, 3.05) is 40.9 Å². The summed E-state index contributed by atoms with van der Waals surface area (Å²) in [7, 11) is 1.56. The number of carbonyl (C=O) groups is 1. The summed E-state index contributed by atoms with van der Waals surface area (Å²) in [6.07, 6.45) is 52.0. The molecule has 0 aromatic heterocycles. The molecule has 9 heteroatoms. The van der Waals surface area contributed by atoms with E-state index in [2.05, 4.69) is 31.3 Å². The summed E-state index contributed by atoms with van der Waals surface area (Å²) in [5.41, 5.74) is 0. The minimum Gasteiger partial charge on any atom is -0.387 e. The van der Waals surface area contributed by atoms with Gasteiger partial charge in [-0.1, -0.05) is 224 Å². The molecule has 3 unspecified atom stereocenters. The molecule has 3 N–H and O–H groups in total. The van der Waals surface area contributed by atoms with Crippen molar-refractivity contribution in [1.29, 1.82) is 0 Å². The van der Waals surface area contributed by atoms with Crippen molar-refractivity contribution in [3.63, 3.8) is 0 Å². The standard InChI is InChI=1S/C50H99N2O6P/c1-6-8-10-12-13-14-15-16-17-18-19-20-21-22-23-24-25-26-27-28-29-30-31-32-33-34-35-36-37-38-40-41-43-49(53)48(51-50(54)44-42-39-11-9-7-2)47-58-59(55,56)57-46-45-52(3,4)5/h36-37,41,43,48-49,53H,6-35,38-40,42,44-47H2,1-5H3,(H-,51,54,55,56)/p+1/b37-36+,43-41+. The van der Waals surface area contributed by atoms with Gasteiger partial charge in [-0.15, -0.1) is 0 Å². The third-order valence-electron chi connectivity index (χ3n) is 11.4. The van der Waals surface area contributed by atoms with Crippen LogP contribution in [-0.4, -0.2) is 73.4 Å². The van der Waals surface area contributed by atoms with Gasteiger partial charge in [0, 0.05) is 6.42 Å². The number of aliphatic hydroxyl groups excluding tert-OH is 1. The van der Waals surface area contributed by atoms with Crippen LogP contribution in [0.15, 0.2) is 24.3 Å². The zero-order valence-corrected chi connectivity index (χ0v) is 40.7. The molecule has 0 spiro atoms. The number of rotatable bonds is 46. The molecule has 59 heavy (non-hydrogen) atoms. The van der Waals surface area contributed by atoms with E-state index in [1.54, 1.807) is 6.08 Å². The number of unbranched alkanes of at least 4 members (excludes halogenated alkanes) is 31. The lowest BCUT2D eigenvalue weighted by atomic mass is 10.0. The Morgan fingerprint density at radius 2 is 0.932 bits per heavy atom.